The molecule has 2 aromatic carbocycles. The minimum atomic E-state index is 0.328. The molecule has 1 saturated heterocycles. The van der Waals surface area contributed by atoms with Gasteiger partial charge in [-0.05, 0) is 53.6 Å². The molecule has 6 rings (SSSR count). The molecule has 0 bridgehead atoms. The van der Waals surface area contributed by atoms with Gasteiger partial charge in [0.15, 0.2) is 0 Å². The molecule has 30 heavy (non-hydrogen) atoms. The monoisotopic (exact) mass is 395 g/mol. The van der Waals surface area contributed by atoms with Crippen molar-refractivity contribution in [3.8, 4) is 29.0 Å². The number of benzene rings is 2. The van der Waals surface area contributed by atoms with Gasteiger partial charge in [0.25, 0.3) is 0 Å². The average molecular weight is 395 g/mol. The van der Waals surface area contributed by atoms with Crippen molar-refractivity contribution in [3.63, 3.8) is 0 Å². The van der Waals surface area contributed by atoms with Gasteiger partial charge in [-0.25, -0.2) is 0 Å². The summed E-state index contributed by atoms with van der Waals surface area (Å²) >= 11 is 0. The Morgan fingerprint density at radius 3 is 2.73 bits per heavy atom. The fourth-order valence-corrected chi connectivity index (χ4v) is 4.97. The Balaban J connectivity index is 1.44. The van der Waals surface area contributed by atoms with Crippen LogP contribution in [0.15, 0.2) is 42.5 Å². The maximum atomic E-state index is 9.17. The van der Waals surface area contributed by atoms with Crippen molar-refractivity contribution in [2.75, 3.05) is 18.0 Å². The van der Waals surface area contributed by atoms with Gasteiger partial charge in [0.2, 0.25) is 0 Å². The number of anilines is 1. The second-order valence-corrected chi connectivity index (χ2v) is 8.48. The van der Waals surface area contributed by atoms with E-state index in [1.54, 1.807) is 18.2 Å². The van der Waals surface area contributed by atoms with Gasteiger partial charge in [0, 0.05) is 31.1 Å². The molecule has 6 nitrogen and oxygen atoms in total. The van der Waals surface area contributed by atoms with Crippen LogP contribution in [0, 0.1) is 30.1 Å². The summed E-state index contributed by atoms with van der Waals surface area (Å²) < 4.78 is 6.01. The van der Waals surface area contributed by atoms with Crippen molar-refractivity contribution in [3.05, 3.63) is 64.8 Å². The lowest BCUT2D eigenvalue weighted by atomic mass is 10.0. The number of ether oxygens (including phenoxy) is 1. The van der Waals surface area contributed by atoms with Crippen molar-refractivity contribution < 1.29 is 4.74 Å². The Morgan fingerprint density at radius 2 is 1.93 bits per heavy atom. The fraction of sp³-hybridized carbons (Fsp3) is 0.292. The molecule has 1 saturated carbocycles. The van der Waals surface area contributed by atoms with Gasteiger partial charge in [-0.3, -0.25) is 0 Å². The molecule has 1 aromatic heterocycles. The minimum absolute atomic E-state index is 0.328. The summed E-state index contributed by atoms with van der Waals surface area (Å²) in [6.07, 6.45) is 0.779. The lowest BCUT2D eigenvalue weighted by Crippen LogP contribution is -2.29. The molecule has 6 heteroatoms. The van der Waals surface area contributed by atoms with Gasteiger partial charge in [-0.1, -0.05) is 24.3 Å². The Kier molecular flexibility index (Phi) is 3.65. The van der Waals surface area contributed by atoms with E-state index in [1.807, 2.05) is 6.07 Å². The number of nitrogens with zero attached hydrogens (tertiary/aromatic N) is 4. The zero-order chi connectivity index (χ0) is 20.4. The number of piperidine rings is 1. The smallest absolute Gasteiger partial charge is 0.324 e. The summed E-state index contributed by atoms with van der Waals surface area (Å²) in [5.74, 6) is 2.63. The summed E-state index contributed by atoms with van der Waals surface area (Å²) in [7, 11) is 0. The van der Waals surface area contributed by atoms with E-state index in [-0.39, 0.29) is 0 Å². The highest BCUT2D eigenvalue weighted by Gasteiger charge is 2.54. The first-order chi connectivity index (χ1) is 14.6. The number of nitrogens with two attached hydrogens (primary N) is 1. The molecule has 2 aliphatic carbocycles. The standard InChI is InChI=1S/C24H21N5O/c1-13-4-2-7-16-17(13)9-20-21(16)23(29-11-18-19(12-29)22(18)26)28-24(27-20)30-15-6-3-5-14(8-15)10-25/h2-8,18-19,22H,9,11-12,26H2,1H3. The first-order valence-corrected chi connectivity index (χ1v) is 10.3. The van der Waals surface area contributed by atoms with Crippen LogP contribution in [0.1, 0.15) is 22.4 Å². The Labute approximate surface area is 174 Å². The molecule has 2 unspecified atom stereocenters. The average Bonchev–Trinajstić information content (AvgIpc) is 3.13. The third-order valence-corrected chi connectivity index (χ3v) is 6.70. The number of rotatable bonds is 3. The number of nitriles is 1. The van der Waals surface area contributed by atoms with E-state index in [1.165, 1.54) is 16.7 Å². The van der Waals surface area contributed by atoms with Crippen LogP contribution in [-0.4, -0.2) is 29.1 Å². The van der Waals surface area contributed by atoms with E-state index in [9.17, 15) is 0 Å². The Hall–Kier alpha value is -3.43. The summed E-state index contributed by atoms with van der Waals surface area (Å²) in [6, 6.07) is 16.3. The summed E-state index contributed by atoms with van der Waals surface area (Å²) in [5.41, 5.74) is 12.7. The number of hydrogen-bond donors (Lipinski definition) is 1. The van der Waals surface area contributed by atoms with Crippen molar-refractivity contribution in [1.82, 2.24) is 9.97 Å². The van der Waals surface area contributed by atoms with Gasteiger partial charge in [0.05, 0.1) is 17.3 Å². The number of hydrogen-bond acceptors (Lipinski definition) is 6. The van der Waals surface area contributed by atoms with Gasteiger partial charge >= 0.3 is 6.01 Å². The first-order valence-electron chi connectivity index (χ1n) is 10.3. The van der Waals surface area contributed by atoms with Crippen molar-refractivity contribution in [2.24, 2.45) is 17.6 Å². The zero-order valence-electron chi connectivity index (χ0n) is 16.7. The van der Waals surface area contributed by atoms with Gasteiger partial charge < -0.3 is 15.4 Å². The van der Waals surface area contributed by atoms with Crippen molar-refractivity contribution in [1.29, 1.82) is 5.26 Å². The molecule has 2 N–H and O–H groups in total. The second kappa shape index (κ2) is 6.28. The minimum Gasteiger partial charge on any atom is -0.424 e. The van der Waals surface area contributed by atoms with Crippen molar-refractivity contribution in [2.45, 2.75) is 19.4 Å². The highest BCUT2D eigenvalue weighted by molar-refractivity contribution is 5.85. The summed E-state index contributed by atoms with van der Waals surface area (Å²) in [5, 5.41) is 9.17. The third-order valence-electron chi connectivity index (χ3n) is 6.70. The first kappa shape index (κ1) is 17.4. The molecular formula is C24H21N5O. The Bertz CT molecular complexity index is 1220. The highest BCUT2D eigenvalue weighted by Crippen LogP contribution is 2.49. The quantitative estimate of drug-likeness (QED) is 0.572. The predicted octanol–water partition coefficient (Wildman–Crippen LogP) is 3.41. The maximum absolute atomic E-state index is 9.17. The Morgan fingerprint density at radius 1 is 1.13 bits per heavy atom. The molecule has 3 aliphatic rings. The SMILES string of the molecule is Cc1cccc2c1Cc1nc(Oc3cccc(C#N)c3)nc(N3CC4C(N)C4C3)c1-2. The van der Waals surface area contributed by atoms with E-state index in [0.717, 1.165) is 36.6 Å². The van der Waals surface area contributed by atoms with Gasteiger partial charge in [-0.15, -0.1) is 0 Å². The summed E-state index contributed by atoms with van der Waals surface area (Å²) in [6.45, 7) is 4.01. The molecule has 1 aliphatic heterocycles. The van der Waals surface area contributed by atoms with Crippen LogP contribution in [0.25, 0.3) is 11.1 Å². The van der Waals surface area contributed by atoms with Crippen LogP contribution >= 0.6 is 0 Å². The third kappa shape index (κ3) is 2.59. The van der Waals surface area contributed by atoms with Crippen LogP contribution in [0.5, 0.6) is 11.8 Å². The largest absolute Gasteiger partial charge is 0.424 e. The molecule has 2 atom stereocenters. The summed E-state index contributed by atoms with van der Waals surface area (Å²) in [4.78, 5) is 12.0. The zero-order valence-corrected chi connectivity index (χ0v) is 16.7. The predicted molar refractivity (Wildman–Crippen MR) is 113 cm³/mol. The molecule has 0 radical (unpaired) electrons. The topological polar surface area (TPSA) is 88.1 Å². The fourth-order valence-electron chi connectivity index (χ4n) is 4.97. The highest BCUT2D eigenvalue weighted by atomic mass is 16.5. The normalized spacial score (nSPS) is 22.8. The maximum Gasteiger partial charge on any atom is 0.324 e. The second-order valence-electron chi connectivity index (χ2n) is 8.48. The van der Waals surface area contributed by atoms with Crippen LogP contribution < -0.4 is 15.4 Å². The van der Waals surface area contributed by atoms with E-state index >= 15 is 0 Å². The van der Waals surface area contributed by atoms with E-state index in [4.69, 9.17) is 25.7 Å². The molecule has 0 spiro atoms. The number of fused-ring (bicyclic) bond motifs is 4. The van der Waals surface area contributed by atoms with Gasteiger partial charge in [0.1, 0.15) is 11.6 Å². The van der Waals surface area contributed by atoms with Gasteiger partial charge in [-0.2, -0.15) is 15.2 Å². The molecular weight excluding hydrogens is 374 g/mol. The van der Waals surface area contributed by atoms with Crippen LogP contribution in [-0.2, 0) is 6.42 Å². The lowest BCUT2D eigenvalue weighted by Gasteiger charge is -2.23. The number of aromatic nitrogens is 2. The lowest BCUT2D eigenvalue weighted by molar-refractivity contribution is 0.440. The molecule has 2 heterocycles. The van der Waals surface area contributed by atoms with E-state index in [2.05, 4.69) is 36.1 Å². The molecule has 0 amide bonds. The molecule has 3 aromatic rings. The van der Waals surface area contributed by atoms with Crippen LogP contribution in [0.4, 0.5) is 5.82 Å². The van der Waals surface area contributed by atoms with Crippen molar-refractivity contribution >= 4 is 5.82 Å². The van der Waals surface area contributed by atoms with E-state index < -0.39 is 0 Å². The van der Waals surface area contributed by atoms with Crippen LogP contribution in [0.3, 0.4) is 0 Å². The molecule has 2 fully saturated rings. The molecule has 148 valence electrons. The van der Waals surface area contributed by atoms with E-state index in [0.29, 0.717) is 35.2 Å². The number of aryl methyl sites for hydroxylation is 1. The van der Waals surface area contributed by atoms with Crippen LogP contribution in [0.2, 0.25) is 0 Å².